The summed E-state index contributed by atoms with van der Waals surface area (Å²) in [5.74, 6) is 1.30. The molecular formula is C14H13BrClNO2. The Hall–Kier alpha value is -1.39. The van der Waals surface area contributed by atoms with Crippen LogP contribution in [-0.4, -0.2) is 7.11 Å². The summed E-state index contributed by atoms with van der Waals surface area (Å²) in [7, 11) is 1.60. The molecule has 0 saturated carbocycles. The fourth-order valence-electron chi connectivity index (χ4n) is 1.64. The van der Waals surface area contributed by atoms with Gasteiger partial charge in [0.05, 0.1) is 11.6 Å². The lowest BCUT2D eigenvalue weighted by atomic mass is 10.2. The summed E-state index contributed by atoms with van der Waals surface area (Å²) in [6.45, 7) is 0.325. The third-order valence-electron chi connectivity index (χ3n) is 2.63. The maximum absolute atomic E-state index is 5.94. The Balaban J connectivity index is 2.21. The molecule has 0 radical (unpaired) electrons. The topological polar surface area (TPSA) is 44.5 Å². The van der Waals surface area contributed by atoms with Crippen molar-refractivity contribution in [1.82, 2.24) is 0 Å². The van der Waals surface area contributed by atoms with E-state index in [4.69, 9.17) is 26.8 Å². The van der Waals surface area contributed by atoms with E-state index in [1.807, 2.05) is 18.2 Å². The number of anilines is 1. The first-order valence-corrected chi connectivity index (χ1v) is 6.78. The zero-order valence-corrected chi connectivity index (χ0v) is 12.7. The molecule has 5 heteroatoms. The summed E-state index contributed by atoms with van der Waals surface area (Å²) in [4.78, 5) is 0. The van der Waals surface area contributed by atoms with Crippen LogP contribution in [0.1, 0.15) is 5.56 Å². The molecule has 2 aromatic rings. The minimum Gasteiger partial charge on any atom is -0.493 e. The molecule has 0 aliphatic rings. The number of rotatable bonds is 4. The van der Waals surface area contributed by atoms with Crippen molar-refractivity contribution in [3.8, 4) is 11.5 Å². The number of benzene rings is 2. The number of nitrogens with two attached hydrogens (primary N) is 1. The summed E-state index contributed by atoms with van der Waals surface area (Å²) in [5.41, 5.74) is 7.37. The summed E-state index contributed by atoms with van der Waals surface area (Å²) in [6, 6.07) is 10.9. The van der Waals surface area contributed by atoms with Gasteiger partial charge in [0.15, 0.2) is 11.5 Å². The lowest BCUT2D eigenvalue weighted by Gasteiger charge is -2.13. The zero-order valence-electron chi connectivity index (χ0n) is 10.3. The number of nitrogen functional groups attached to an aromatic ring is 1. The third kappa shape index (κ3) is 3.33. The van der Waals surface area contributed by atoms with Gasteiger partial charge in [0.2, 0.25) is 0 Å². The Bertz CT molecular complexity index is 590. The van der Waals surface area contributed by atoms with Crippen LogP contribution in [0, 0.1) is 0 Å². The molecule has 0 spiro atoms. The average Bonchev–Trinajstić information content (AvgIpc) is 2.40. The summed E-state index contributed by atoms with van der Waals surface area (Å²) in [5, 5.41) is 0.631. The van der Waals surface area contributed by atoms with Crippen LogP contribution in [0.15, 0.2) is 40.9 Å². The molecule has 2 aromatic carbocycles. The molecule has 0 heterocycles. The van der Waals surface area contributed by atoms with E-state index in [0.717, 1.165) is 10.0 Å². The minimum absolute atomic E-state index is 0.325. The van der Waals surface area contributed by atoms with Gasteiger partial charge in [0.1, 0.15) is 6.61 Å². The maximum Gasteiger partial charge on any atom is 0.175 e. The molecule has 0 unspecified atom stereocenters. The molecule has 2 N–H and O–H groups in total. The van der Waals surface area contributed by atoms with Crippen molar-refractivity contribution in [3.05, 3.63) is 51.5 Å². The Morgan fingerprint density at radius 1 is 1.26 bits per heavy atom. The van der Waals surface area contributed by atoms with Crippen LogP contribution in [-0.2, 0) is 6.61 Å². The molecule has 3 nitrogen and oxygen atoms in total. The fraction of sp³-hybridized carbons (Fsp3) is 0.143. The molecule has 0 bridgehead atoms. The second-order valence-corrected chi connectivity index (χ2v) is 5.19. The normalized spacial score (nSPS) is 10.3. The van der Waals surface area contributed by atoms with Gasteiger partial charge in [-0.1, -0.05) is 17.7 Å². The Kier molecular flexibility index (Phi) is 4.56. The van der Waals surface area contributed by atoms with Crippen LogP contribution in [0.4, 0.5) is 5.69 Å². The maximum atomic E-state index is 5.94. The number of halogens is 2. The van der Waals surface area contributed by atoms with Gasteiger partial charge in [-0.25, -0.2) is 0 Å². The van der Waals surface area contributed by atoms with Crippen molar-refractivity contribution < 1.29 is 9.47 Å². The van der Waals surface area contributed by atoms with Gasteiger partial charge in [-0.2, -0.15) is 0 Å². The molecule has 100 valence electrons. The Morgan fingerprint density at radius 3 is 2.79 bits per heavy atom. The van der Waals surface area contributed by atoms with Crippen molar-refractivity contribution in [2.45, 2.75) is 6.61 Å². The number of ether oxygens (including phenoxy) is 2. The van der Waals surface area contributed by atoms with E-state index >= 15 is 0 Å². The summed E-state index contributed by atoms with van der Waals surface area (Å²) < 4.78 is 11.9. The molecule has 0 aromatic heterocycles. The number of para-hydroxylation sites is 1. The van der Waals surface area contributed by atoms with Gasteiger partial charge in [-0.3, -0.25) is 0 Å². The highest BCUT2D eigenvalue weighted by Gasteiger charge is 2.10. The number of hydrogen-bond donors (Lipinski definition) is 1. The highest BCUT2D eigenvalue weighted by Crippen LogP contribution is 2.35. The predicted octanol–water partition coefficient (Wildman–Crippen LogP) is 4.27. The quantitative estimate of drug-likeness (QED) is 0.844. The standard InChI is InChI=1S/C14H13BrClNO2/c1-18-13-4-2-3-11(15)14(13)19-8-9-7-10(16)5-6-12(9)17/h2-7H,8,17H2,1H3. The molecule has 0 aliphatic heterocycles. The van der Waals surface area contributed by atoms with Crippen LogP contribution in [0.3, 0.4) is 0 Å². The molecule has 0 atom stereocenters. The van der Waals surface area contributed by atoms with Crippen LogP contribution in [0.5, 0.6) is 11.5 Å². The molecule has 0 amide bonds. The Labute approximate surface area is 125 Å². The molecule has 19 heavy (non-hydrogen) atoms. The van der Waals surface area contributed by atoms with E-state index in [1.165, 1.54) is 0 Å². The van der Waals surface area contributed by atoms with Crippen LogP contribution in [0.25, 0.3) is 0 Å². The van der Waals surface area contributed by atoms with Crippen molar-refractivity contribution >= 4 is 33.2 Å². The van der Waals surface area contributed by atoms with Crippen molar-refractivity contribution in [1.29, 1.82) is 0 Å². The lowest BCUT2D eigenvalue weighted by molar-refractivity contribution is 0.283. The first-order chi connectivity index (χ1) is 9.11. The van der Waals surface area contributed by atoms with Gasteiger partial charge < -0.3 is 15.2 Å². The van der Waals surface area contributed by atoms with Crippen molar-refractivity contribution in [3.63, 3.8) is 0 Å². The summed E-state index contributed by atoms with van der Waals surface area (Å²) in [6.07, 6.45) is 0. The van der Waals surface area contributed by atoms with E-state index in [1.54, 1.807) is 25.3 Å². The Morgan fingerprint density at radius 2 is 2.05 bits per heavy atom. The predicted molar refractivity (Wildman–Crippen MR) is 80.9 cm³/mol. The molecular weight excluding hydrogens is 330 g/mol. The lowest BCUT2D eigenvalue weighted by Crippen LogP contribution is -2.01. The van der Waals surface area contributed by atoms with Crippen LogP contribution >= 0.6 is 27.5 Å². The second kappa shape index (κ2) is 6.17. The third-order valence-corrected chi connectivity index (χ3v) is 3.49. The largest absolute Gasteiger partial charge is 0.493 e. The molecule has 2 rings (SSSR count). The average molecular weight is 343 g/mol. The highest BCUT2D eigenvalue weighted by atomic mass is 79.9. The van der Waals surface area contributed by atoms with Gasteiger partial charge >= 0.3 is 0 Å². The van der Waals surface area contributed by atoms with Gasteiger partial charge in [0.25, 0.3) is 0 Å². The highest BCUT2D eigenvalue weighted by molar-refractivity contribution is 9.10. The molecule has 0 aliphatic carbocycles. The second-order valence-electron chi connectivity index (χ2n) is 3.90. The van der Waals surface area contributed by atoms with E-state index in [-0.39, 0.29) is 0 Å². The van der Waals surface area contributed by atoms with Crippen LogP contribution < -0.4 is 15.2 Å². The van der Waals surface area contributed by atoms with E-state index in [9.17, 15) is 0 Å². The van der Waals surface area contributed by atoms with Gasteiger partial charge in [-0.15, -0.1) is 0 Å². The monoisotopic (exact) mass is 341 g/mol. The fourth-order valence-corrected chi connectivity index (χ4v) is 2.30. The molecule has 0 saturated heterocycles. The van der Waals surface area contributed by atoms with Gasteiger partial charge in [-0.05, 0) is 46.3 Å². The smallest absolute Gasteiger partial charge is 0.175 e. The van der Waals surface area contributed by atoms with E-state index in [0.29, 0.717) is 28.8 Å². The van der Waals surface area contributed by atoms with Gasteiger partial charge in [0, 0.05) is 16.3 Å². The number of hydrogen-bond acceptors (Lipinski definition) is 3. The van der Waals surface area contributed by atoms with Crippen molar-refractivity contribution in [2.24, 2.45) is 0 Å². The van der Waals surface area contributed by atoms with E-state index in [2.05, 4.69) is 15.9 Å². The summed E-state index contributed by atoms with van der Waals surface area (Å²) >= 11 is 9.38. The van der Waals surface area contributed by atoms with E-state index < -0.39 is 0 Å². The van der Waals surface area contributed by atoms with Crippen LogP contribution in [0.2, 0.25) is 5.02 Å². The van der Waals surface area contributed by atoms with Crippen molar-refractivity contribution in [2.75, 3.05) is 12.8 Å². The first-order valence-electron chi connectivity index (χ1n) is 5.61. The SMILES string of the molecule is COc1cccc(Br)c1OCc1cc(Cl)ccc1N. The molecule has 0 fully saturated rings. The minimum atomic E-state index is 0.325. The zero-order chi connectivity index (χ0) is 13.8. The number of methoxy groups -OCH3 is 1. The first kappa shape index (κ1) is 14.0.